The third kappa shape index (κ3) is 4.46. The molecule has 0 aromatic heterocycles. The molecule has 1 fully saturated rings. The molecule has 2 heterocycles. The fourth-order valence-corrected chi connectivity index (χ4v) is 4.18. The van der Waals surface area contributed by atoms with E-state index in [1.54, 1.807) is 0 Å². The molecule has 0 amide bonds. The van der Waals surface area contributed by atoms with E-state index in [0.717, 1.165) is 38.0 Å². The minimum Gasteiger partial charge on any atom is -0.370 e. The molecule has 0 radical (unpaired) electrons. The Kier molecular flexibility index (Phi) is 7.00. The van der Waals surface area contributed by atoms with Gasteiger partial charge in [-0.25, -0.2) is 0 Å². The van der Waals surface area contributed by atoms with Crippen LogP contribution in [-0.4, -0.2) is 42.5 Å². The molecule has 2 nitrogen and oxygen atoms in total. The lowest BCUT2D eigenvalue weighted by Crippen LogP contribution is -2.35. The summed E-state index contributed by atoms with van der Waals surface area (Å²) in [5, 5.41) is 1.84. The Morgan fingerprint density at radius 2 is 2.17 bits per heavy atom. The number of nitrogens with zero attached hydrogens (tertiary/aromatic N) is 2. The molecule has 24 heavy (non-hydrogen) atoms. The van der Waals surface area contributed by atoms with Gasteiger partial charge < -0.3 is 4.90 Å². The normalized spacial score (nSPS) is 25.5. The average Bonchev–Trinajstić information content (AvgIpc) is 3.00. The quantitative estimate of drug-likeness (QED) is 0.383. The van der Waals surface area contributed by atoms with Crippen LogP contribution in [0.2, 0.25) is 0 Å². The molecule has 2 aliphatic heterocycles. The summed E-state index contributed by atoms with van der Waals surface area (Å²) in [5.41, 5.74) is 4.17. The smallest absolute Gasteiger partial charge is 0.0378 e. The van der Waals surface area contributed by atoms with E-state index in [1.165, 1.54) is 37.2 Å². The minimum absolute atomic E-state index is 0.438. The largest absolute Gasteiger partial charge is 0.370 e. The first-order valence-electron chi connectivity index (χ1n) is 8.99. The summed E-state index contributed by atoms with van der Waals surface area (Å²) in [6, 6.07) is 0. The van der Waals surface area contributed by atoms with E-state index in [-0.39, 0.29) is 0 Å². The summed E-state index contributed by atoms with van der Waals surface area (Å²) in [4.78, 5) is 4.97. The molecule has 0 aromatic carbocycles. The molecule has 1 saturated heterocycles. The number of hydrogen-bond acceptors (Lipinski definition) is 3. The zero-order valence-electron chi connectivity index (χ0n) is 15.1. The maximum atomic E-state index is 4.36. The Bertz CT molecular complexity index is 546. The van der Waals surface area contributed by atoms with Crippen LogP contribution in [-0.2, 0) is 0 Å². The summed E-state index contributed by atoms with van der Waals surface area (Å²) in [5.74, 6) is 0. The second kappa shape index (κ2) is 8.77. The summed E-state index contributed by atoms with van der Waals surface area (Å²) < 4.78 is 0. The third-order valence-electron chi connectivity index (χ3n) is 5.64. The number of rotatable bonds is 8. The molecule has 0 aliphatic carbocycles. The molecule has 0 saturated carbocycles. The van der Waals surface area contributed by atoms with E-state index < -0.39 is 0 Å². The number of allylic oxidation sites excluding steroid dienone is 3. The van der Waals surface area contributed by atoms with Crippen LogP contribution in [0.5, 0.6) is 0 Å². The highest BCUT2D eigenvalue weighted by Crippen LogP contribution is 2.37. The number of hydrogen-bond donors (Lipinski definition) is 1. The van der Waals surface area contributed by atoms with Gasteiger partial charge in [0.1, 0.15) is 0 Å². The minimum atomic E-state index is 0.438. The lowest BCUT2D eigenvalue weighted by atomic mass is 9.81. The van der Waals surface area contributed by atoms with E-state index in [1.807, 2.05) is 11.5 Å². The highest BCUT2D eigenvalue weighted by molar-refractivity contribution is 7.83. The van der Waals surface area contributed by atoms with Gasteiger partial charge in [-0.2, -0.15) is 12.6 Å². The van der Waals surface area contributed by atoms with Gasteiger partial charge in [0.05, 0.1) is 0 Å². The van der Waals surface area contributed by atoms with Crippen LogP contribution in [0.4, 0.5) is 0 Å². The first-order valence-corrected chi connectivity index (χ1v) is 9.51. The topological polar surface area (TPSA) is 6.48 Å². The molecule has 0 spiro atoms. The number of thiol groups is 1. The monoisotopic (exact) mass is 344 g/mol. The Morgan fingerprint density at radius 1 is 1.38 bits per heavy atom. The predicted molar refractivity (Wildman–Crippen MR) is 109 cm³/mol. The van der Waals surface area contributed by atoms with Crippen LogP contribution in [0.3, 0.4) is 0 Å². The number of likely N-dealkylation sites (tertiary alicyclic amines) is 1. The zero-order chi connectivity index (χ0) is 17.6. The van der Waals surface area contributed by atoms with Gasteiger partial charge in [0.25, 0.3) is 0 Å². The van der Waals surface area contributed by atoms with Crippen LogP contribution >= 0.6 is 12.6 Å². The van der Waals surface area contributed by atoms with Crippen molar-refractivity contribution in [3.63, 3.8) is 0 Å². The van der Waals surface area contributed by atoms with Crippen LogP contribution in [0.25, 0.3) is 0 Å². The van der Waals surface area contributed by atoms with Crippen LogP contribution in [0, 0.1) is 5.41 Å². The summed E-state index contributed by atoms with van der Waals surface area (Å²) in [6.07, 6.45) is 10.9. The van der Waals surface area contributed by atoms with Gasteiger partial charge in [0.15, 0.2) is 0 Å². The molecule has 2 aliphatic rings. The van der Waals surface area contributed by atoms with Crippen molar-refractivity contribution < 1.29 is 0 Å². The van der Waals surface area contributed by atoms with Crippen molar-refractivity contribution in [2.45, 2.75) is 32.6 Å². The standard InChI is InChI=1S/C21H32N2S/c1-5-10-21(7-3)11-14-22(17-21)15-18(4)23-12-8-20(9-13-23)19(6-2)16-24/h5-6,8,16,24H,1-2,4,7,9-15,17H2,3H3/b19-16+. The van der Waals surface area contributed by atoms with Gasteiger partial charge in [-0.15, -0.1) is 6.58 Å². The maximum Gasteiger partial charge on any atom is 0.0378 e. The highest BCUT2D eigenvalue weighted by atomic mass is 32.1. The SMILES string of the molecule is C=CCC1(CC)CCN(CC(=C)N2CC=C(/C(C=C)=C/S)CC2)C1. The second-order valence-corrected chi connectivity index (χ2v) is 7.35. The van der Waals surface area contributed by atoms with E-state index in [4.69, 9.17) is 0 Å². The summed E-state index contributed by atoms with van der Waals surface area (Å²) in [6.45, 7) is 19.8. The van der Waals surface area contributed by atoms with E-state index in [2.05, 4.69) is 61.2 Å². The molecular formula is C21H32N2S. The van der Waals surface area contributed by atoms with E-state index >= 15 is 0 Å². The van der Waals surface area contributed by atoms with Gasteiger partial charge in [0.2, 0.25) is 0 Å². The van der Waals surface area contributed by atoms with Crippen LogP contribution < -0.4 is 0 Å². The van der Waals surface area contributed by atoms with Crippen molar-refractivity contribution in [3.05, 3.63) is 60.2 Å². The Hall–Kier alpha value is -1.19. The fourth-order valence-electron chi connectivity index (χ4n) is 3.91. The summed E-state index contributed by atoms with van der Waals surface area (Å²) in [7, 11) is 0. The molecule has 2 rings (SSSR count). The fraction of sp³-hybridized carbons (Fsp3) is 0.524. The van der Waals surface area contributed by atoms with Crippen molar-refractivity contribution in [1.29, 1.82) is 0 Å². The highest BCUT2D eigenvalue weighted by Gasteiger charge is 2.35. The molecule has 0 bridgehead atoms. The molecular weight excluding hydrogens is 312 g/mol. The molecule has 1 atom stereocenters. The molecule has 1 unspecified atom stereocenters. The van der Waals surface area contributed by atoms with E-state index in [9.17, 15) is 0 Å². The maximum absolute atomic E-state index is 4.36. The average molecular weight is 345 g/mol. The van der Waals surface area contributed by atoms with Crippen molar-refractivity contribution in [3.8, 4) is 0 Å². The summed E-state index contributed by atoms with van der Waals surface area (Å²) >= 11 is 4.27. The molecule has 3 heteroatoms. The van der Waals surface area contributed by atoms with Crippen LogP contribution in [0.15, 0.2) is 60.2 Å². The lowest BCUT2D eigenvalue weighted by Gasteiger charge is -2.33. The van der Waals surface area contributed by atoms with Gasteiger partial charge in [0, 0.05) is 31.9 Å². The predicted octanol–water partition coefficient (Wildman–Crippen LogP) is 4.81. The zero-order valence-corrected chi connectivity index (χ0v) is 16.0. The van der Waals surface area contributed by atoms with Gasteiger partial charge >= 0.3 is 0 Å². The molecule has 0 N–H and O–H groups in total. The van der Waals surface area contributed by atoms with Crippen molar-refractivity contribution in [2.24, 2.45) is 5.41 Å². The Morgan fingerprint density at radius 3 is 2.71 bits per heavy atom. The lowest BCUT2D eigenvalue weighted by molar-refractivity contribution is 0.242. The van der Waals surface area contributed by atoms with Crippen molar-refractivity contribution in [1.82, 2.24) is 9.80 Å². The van der Waals surface area contributed by atoms with Gasteiger partial charge in [-0.1, -0.05) is 38.3 Å². The first-order chi connectivity index (χ1) is 11.6. The van der Waals surface area contributed by atoms with Crippen LogP contribution in [0.1, 0.15) is 32.6 Å². The third-order valence-corrected chi connectivity index (χ3v) is 5.92. The first kappa shape index (κ1) is 19.1. The molecule has 132 valence electrons. The van der Waals surface area contributed by atoms with Crippen molar-refractivity contribution >= 4 is 12.6 Å². The second-order valence-electron chi connectivity index (χ2n) is 7.09. The van der Waals surface area contributed by atoms with Crippen molar-refractivity contribution in [2.75, 3.05) is 32.7 Å². The van der Waals surface area contributed by atoms with E-state index in [0.29, 0.717) is 5.41 Å². The Labute approximate surface area is 153 Å². The Balaban J connectivity index is 1.88. The van der Waals surface area contributed by atoms with Gasteiger partial charge in [-0.05, 0) is 54.2 Å². The van der Waals surface area contributed by atoms with Gasteiger partial charge in [-0.3, -0.25) is 4.90 Å². The molecule has 0 aromatic rings.